The maximum atomic E-state index is 12.5. The third kappa shape index (κ3) is 4.41. The number of hydrogen-bond donors (Lipinski definition) is 1. The summed E-state index contributed by atoms with van der Waals surface area (Å²) < 4.78 is 37.3. The van der Waals surface area contributed by atoms with Gasteiger partial charge in [-0.25, -0.2) is 8.42 Å². The van der Waals surface area contributed by atoms with Gasteiger partial charge in [0.2, 0.25) is 10.0 Å². The van der Waals surface area contributed by atoms with E-state index in [0.29, 0.717) is 43.6 Å². The van der Waals surface area contributed by atoms with Crippen molar-refractivity contribution in [2.24, 2.45) is 0 Å². The molecule has 1 fully saturated rings. The molecular weight excluding hydrogens is 292 g/mol. The van der Waals surface area contributed by atoms with Gasteiger partial charge in [0, 0.05) is 26.2 Å². The van der Waals surface area contributed by atoms with E-state index < -0.39 is 10.0 Å². The zero-order chi connectivity index (χ0) is 15.1. The monoisotopic (exact) mass is 314 g/mol. The summed E-state index contributed by atoms with van der Waals surface area (Å²) in [5, 5.41) is 2.98. The van der Waals surface area contributed by atoms with Crippen LogP contribution < -0.4 is 10.1 Å². The third-order valence-electron chi connectivity index (χ3n) is 3.26. The van der Waals surface area contributed by atoms with Crippen LogP contribution in [0, 0.1) is 0 Å². The highest BCUT2D eigenvalue weighted by Gasteiger charge is 2.25. The average Bonchev–Trinajstić information content (AvgIpc) is 2.78. The summed E-state index contributed by atoms with van der Waals surface area (Å²) in [6, 6.07) is 6.57. The summed E-state index contributed by atoms with van der Waals surface area (Å²) in [5.41, 5.74) is 0. The molecule has 1 aromatic rings. The molecule has 1 aliphatic rings. The molecular formula is C14H22N2O4S. The fourth-order valence-electron chi connectivity index (χ4n) is 2.09. The largest absolute Gasteiger partial charge is 0.492 e. The number of benzene rings is 1. The first-order valence-corrected chi connectivity index (χ1v) is 8.54. The number of hydrogen-bond acceptors (Lipinski definition) is 5. The Morgan fingerprint density at radius 2 is 2.00 bits per heavy atom. The fraction of sp³-hybridized carbons (Fsp3) is 0.571. The van der Waals surface area contributed by atoms with Crippen LogP contribution in [0.2, 0.25) is 0 Å². The van der Waals surface area contributed by atoms with Crippen molar-refractivity contribution in [1.82, 2.24) is 9.62 Å². The van der Waals surface area contributed by atoms with Gasteiger partial charge in [0.25, 0.3) is 0 Å². The van der Waals surface area contributed by atoms with Gasteiger partial charge in [0.1, 0.15) is 12.4 Å². The van der Waals surface area contributed by atoms with Crippen LogP contribution in [0.1, 0.15) is 6.42 Å². The average molecular weight is 314 g/mol. The van der Waals surface area contributed by atoms with Crippen molar-refractivity contribution in [2.45, 2.75) is 11.3 Å². The van der Waals surface area contributed by atoms with E-state index in [-0.39, 0.29) is 0 Å². The van der Waals surface area contributed by atoms with Crippen molar-refractivity contribution in [3.05, 3.63) is 24.3 Å². The van der Waals surface area contributed by atoms with Crippen molar-refractivity contribution in [2.75, 3.05) is 46.5 Å². The van der Waals surface area contributed by atoms with Crippen LogP contribution in [0.3, 0.4) is 0 Å². The van der Waals surface area contributed by atoms with Gasteiger partial charge in [0.15, 0.2) is 0 Å². The van der Waals surface area contributed by atoms with E-state index in [2.05, 4.69) is 5.32 Å². The maximum absolute atomic E-state index is 12.5. The highest BCUT2D eigenvalue weighted by Crippen LogP contribution is 2.20. The Labute approximate surface area is 126 Å². The Bertz CT molecular complexity index is 522. The van der Waals surface area contributed by atoms with Crippen LogP contribution in [-0.2, 0) is 14.8 Å². The molecule has 0 saturated carbocycles. The maximum Gasteiger partial charge on any atom is 0.243 e. The topological polar surface area (TPSA) is 67.9 Å². The number of nitrogens with one attached hydrogen (secondary N) is 1. The second-order valence-corrected chi connectivity index (χ2v) is 6.73. The van der Waals surface area contributed by atoms with E-state index in [1.54, 1.807) is 24.3 Å². The number of nitrogens with zero attached hydrogens (tertiary/aromatic N) is 1. The van der Waals surface area contributed by atoms with E-state index in [1.165, 1.54) is 4.31 Å². The molecule has 0 spiro atoms. The van der Waals surface area contributed by atoms with Gasteiger partial charge in [0.05, 0.1) is 11.5 Å². The predicted molar refractivity (Wildman–Crippen MR) is 80.1 cm³/mol. The van der Waals surface area contributed by atoms with Gasteiger partial charge in [-0.3, -0.25) is 0 Å². The molecule has 0 amide bonds. The molecule has 0 aromatic heterocycles. The van der Waals surface area contributed by atoms with Crippen LogP contribution in [0.5, 0.6) is 5.75 Å². The molecule has 0 aliphatic carbocycles. The van der Waals surface area contributed by atoms with Crippen molar-refractivity contribution >= 4 is 10.0 Å². The van der Waals surface area contributed by atoms with Crippen LogP contribution >= 0.6 is 0 Å². The lowest BCUT2D eigenvalue weighted by atomic mass is 10.3. The minimum absolute atomic E-state index is 0.297. The molecule has 1 aromatic carbocycles. The summed E-state index contributed by atoms with van der Waals surface area (Å²) in [6.07, 6.45) is 0.727. The fourth-order valence-corrected chi connectivity index (χ4v) is 3.55. The lowest BCUT2D eigenvalue weighted by Gasteiger charge is -2.19. The first kappa shape index (κ1) is 16.2. The van der Waals surface area contributed by atoms with Crippen LogP contribution in [0.4, 0.5) is 0 Å². The van der Waals surface area contributed by atoms with E-state index in [1.807, 2.05) is 7.05 Å². The smallest absolute Gasteiger partial charge is 0.243 e. The standard InChI is InChI=1S/C14H22N2O4S/c1-15-7-11-20-13-3-5-14(6-4-13)21(17,18)16-8-2-10-19-12-9-16/h3-6,15H,2,7-12H2,1H3. The molecule has 1 N–H and O–H groups in total. The molecule has 7 heteroatoms. The molecule has 0 atom stereocenters. The minimum atomic E-state index is -3.44. The van der Waals surface area contributed by atoms with E-state index in [0.717, 1.165) is 13.0 Å². The van der Waals surface area contributed by atoms with E-state index in [9.17, 15) is 8.42 Å². The van der Waals surface area contributed by atoms with Gasteiger partial charge in [-0.1, -0.05) is 0 Å². The van der Waals surface area contributed by atoms with Crippen molar-refractivity contribution in [3.63, 3.8) is 0 Å². The van der Waals surface area contributed by atoms with E-state index >= 15 is 0 Å². The number of sulfonamides is 1. The second kappa shape index (κ2) is 7.74. The van der Waals surface area contributed by atoms with Gasteiger partial charge in [-0.05, 0) is 37.7 Å². The molecule has 21 heavy (non-hydrogen) atoms. The first-order valence-electron chi connectivity index (χ1n) is 7.10. The molecule has 0 unspecified atom stereocenters. The lowest BCUT2D eigenvalue weighted by molar-refractivity contribution is 0.148. The van der Waals surface area contributed by atoms with Gasteiger partial charge in [-0.2, -0.15) is 4.31 Å². The van der Waals surface area contributed by atoms with Crippen LogP contribution in [0.15, 0.2) is 29.2 Å². The normalized spacial score (nSPS) is 17.4. The summed E-state index contributed by atoms with van der Waals surface area (Å²) in [6.45, 7) is 3.26. The van der Waals surface area contributed by atoms with Gasteiger partial charge >= 0.3 is 0 Å². The molecule has 118 valence electrons. The zero-order valence-corrected chi connectivity index (χ0v) is 13.1. The molecule has 6 nitrogen and oxygen atoms in total. The molecule has 0 radical (unpaired) electrons. The molecule has 1 saturated heterocycles. The van der Waals surface area contributed by atoms with Gasteiger partial charge < -0.3 is 14.8 Å². The highest BCUT2D eigenvalue weighted by atomic mass is 32.2. The molecule has 1 aliphatic heterocycles. The number of rotatable bonds is 6. The Kier molecular flexibility index (Phi) is 5.98. The van der Waals surface area contributed by atoms with Crippen molar-refractivity contribution in [3.8, 4) is 5.75 Å². The van der Waals surface area contributed by atoms with E-state index in [4.69, 9.17) is 9.47 Å². The number of ether oxygens (including phenoxy) is 2. The first-order chi connectivity index (χ1) is 10.1. The summed E-state index contributed by atoms with van der Waals surface area (Å²) >= 11 is 0. The Morgan fingerprint density at radius 3 is 2.71 bits per heavy atom. The Balaban J connectivity index is 2.05. The minimum Gasteiger partial charge on any atom is -0.492 e. The molecule has 1 heterocycles. The highest BCUT2D eigenvalue weighted by molar-refractivity contribution is 7.89. The Hall–Kier alpha value is -1.15. The van der Waals surface area contributed by atoms with Crippen LogP contribution in [-0.4, -0.2) is 59.2 Å². The SMILES string of the molecule is CNCCOc1ccc(S(=O)(=O)N2CCCOCC2)cc1. The molecule has 0 bridgehead atoms. The van der Waals surface area contributed by atoms with Crippen LogP contribution in [0.25, 0.3) is 0 Å². The Morgan fingerprint density at radius 1 is 1.24 bits per heavy atom. The zero-order valence-electron chi connectivity index (χ0n) is 12.2. The lowest BCUT2D eigenvalue weighted by Crippen LogP contribution is -2.33. The summed E-state index contributed by atoms with van der Waals surface area (Å²) in [4.78, 5) is 0.297. The van der Waals surface area contributed by atoms with Crippen molar-refractivity contribution in [1.29, 1.82) is 0 Å². The molecule has 2 rings (SSSR count). The predicted octanol–water partition coefficient (Wildman–Crippen LogP) is 0.696. The summed E-state index contributed by atoms with van der Waals surface area (Å²) in [7, 11) is -1.59. The quantitative estimate of drug-likeness (QED) is 0.783. The van der Waals surface area contributed by atoms with Crippen molar-refractivity contribution < 1.29 is 17.9 Å². The third-order valence-corrected chi connectivity index (χ3v) is 5.18. The number of likely N-dealkylation sites (N-methyl/N-ethyl adjacent to an activating group) is 1. The second-order valence-electron chi connectivity index (χ2n) is 4.79. The van der Waals surface area contributed by atoms with Gasteiger partial charge in [-0.15, -0.1) is 0 Å². The summed E-state index contributed by atoms with van der Waals surface area (Å²) in [5.74, 6) is 0.670.